The third-order valence-corrected chi connectivity index (χ3v) is 3.70. The van der Waals surface area contributed by atoms with Crippen LogP contribution in [0.5, 0.6) is 0 Å². The van der Waals surface area contributed by atoms with Crippen molar-refractivity contribution < 1.29 is 4.52 Å². The molecule has 0 amide bonds. The van der Waals surface area contributed by atoms with E-state index < -0.39 is 0 Å². The van der Waals surface area contributed by atoms with Crippen molar-refractivity contribution in [2.24, 2.45) is 0 Å². The van der Waals surface area contributed by atoms with E-state index in [0.29, 0.717) is 5.69 Å². The summed E-state index contributed by atoms with van der Waals surface area (Å²) >= 11 is 0. The van der Waals surface area contributed by atoms with E-state index in [9.17, 15) is 0 Å². The highest BCUT2D eigenvalue weighted by Gasteiger charge is 2.17. The van der Waals surface area contributed by atoms with Gasteiger partial charge >= 0.3 is 0 Å². The van der Waals surface area contributed by atoms with Crippen LogP contribution in [0.15, 0.2) is 35.0 Å². The Morgan fingerprint density at radius 1 is 1.24 bits per heavy atom. The lowest BCUT2D eigenvalue weighted by Gasteiger charge is -2.17. The molecule has 3 rings (SSSR count). The van der Waals surface area contributed by atoms with Crippen LogP contribution in [0.2, 0.25) is 0 Å². The van der Waals surface area contributed by atoms with Crippen molar-refractivity contribution in [3.05, 3.63) is 47.5 Å². The molecule has 3 aromatic rings. The number of anilines is 2. The molecule has 5 heteroatoms. The summed E-state index contributed by atoms with van der Waals surface area (Å²) in [6.07, 6.45) is 1.76. The Morgan fingerprint density at radius 2 is 2.05 bits per heavy atom. The Kier molecular flexibility index (Phi) is 3.25. The summed E-state index contributed by atoms with van der Waals surface area (Å²) in [4.78, 5) is 4.35. The van der Waals surface area contributed by atoms with E-state index in [2.05, 4.69) is 22.4 Å². The lowest BCUT2D eigenvalue weighted by atomic mass is 10.1. The first-order chi connectivity index (χ1) is 10.1. The van der Waals surface area contributed by atoms with Gasteiger partial charge in [0.25, 0.3) is 0 Å². The number of nitrogens with zero attached hydrogens (tertiary/aromatic N) is 2. The van der Waals surface area contributed by atoms with Gasteiger partial charge in [0.05, 0.1) is 22.9 Å². The first kappa shape index (κ1) is 13.4. The van der Waals surface area contributed by atoms with E-state index in [0.717, 1.165) is 33.6 Å². The van der Waals surface area contributed by atoms with Crippen molar-refractivity contribution in [1.82, 2.24) is 10.1 Å². The number of pyridine rings is 1. The van der Waals surface area contributed by atoms with Gasteiger partial charge in [-0.1, -0.05) is 17.3 Å². The van der Waals surface area contributed by atoms with E-state index >= 15 is 0 Å². The molecule has 3 N–H and O–H groups in total. The second-order valence-corrected chi connectivity index (χ2v) is 5.21. The zero-order chi connectivity index (χ0) is 15.0. The Morgan fingerprint density at radius 3 is 2.76 bits per heavy atom. The van der Waals surface area contributed by atoms with E-state index in [1.54, 1.807) is 6.20 Å². The number of hydrogen-bond donors (Lipinski definition) is 2. The Bertz CT molecular complexity index is 775. The summed E-state index contributed by atoms with van der Waals surface area (Å²) < 4.78 is 5.24. The molecule has 21 heavy (non-hydrogen) atoms. The minimum atomic E-state index is 0.0864. The number of aryl methyl sites for hydroxylation is 2. The maximum absolute atomic E-state index is 5.98. The molecule has 108 valence electrons. The van der Waals surface area contributed by atoms with Crippen LogP contribution < -0.4 is 11.1 Å². The first-order valence-electron chi connectivity index (χ1n) is 6.90. The fourth-order valence-electron chi connectivity index (χ4n) is 2.74. The van der Waals surface area contributed by atoms with E-state index in [1.165, 1.54) is 0 Å². The maximum Gasteiger partial charge on any atom is 0.139 e. The van der Waals surface area contributed by atoms with E-state index in [1.807, 2.05) is 38.1 Å². The number of nitrogens with one attached hydrogen (secondary N) is 1. The van der Waals surface area contributed by atoms with Gasteiger partial charge in [-0.3, -0.25) is 4.98 Å². The van der Waals surface area contributed by atoms with Crippen molar-refractivity contribution in [2.75, 3.05) is 11.1 Å². The second-order valence-electron chi connectivity index (χ2n) is 5.21. The zero-order valence-corrected chi connectivity index (χ0v) is 12.3. The molecule has 1 atom stereocenters. The van der Waals surface area contributed by atoms with Crippen molar-refractivity contribution in [3.63, 3.8) is 0 Å². The molecular formula is C16H18N4O. The van der Waals surface area contributed by atoms with E-state index in [-0.39, 0.29) is 6.04 Å². The molecular weight excluding hydrogens is 264 g/mol. The number of para-hydroxylation sites is 1. The van der Waals surface area contributed by atoms with Crippen LogP contribution >= 0.6 is 0 Å². The summed E-state index contributed by atoms with van der Waals surface area (Å²) in [6, 6.07) is 7.85. The summed E-state index contributed by atoms with van der Waals surface area (Å²) in [5.41, 5.74) is 10.5. The standard InChI is InChI=1S/C16H18N4O/c1-9(15-10(2)20-21-11(15)3)19-14-7-8-18-16-12(14)5-4-6-13(16)17/h4-9H,17H2,1-3H3,(H,18,19). The van der Waals surface area contributed by atoms with Gasteiger partial charge in [0.15, 0.2) is 0 Å². The molecule has 1 aromatic carbocycles. The van der Waals surface area contributed by atoms with E-state index in [4.69, 9.17) is 10.3 Å². The highest BCUT2D eigenvalue weighted by atomic mass is 16.5. The Balaban J connectivity index is 2.01. The zero-order valence-electron chi connectivity index (χ0n) is 12.3. The third-order valence-electron chi connectivity index (χ3n) is 3.70. The molecule has 5 nitrogen and oxygen atoms in total. The number of nitrogen functional groups attached to an aromatic ring is 1. The van der Waals surface area contributed by atoms with Crippen molar-refractivity contribution >= 4 is 22.3 Å². The number of fused-ring (bicyclic) bond motifs is 1. The van der Waals surface area contributed by atoms with Crippen LogP contribution in [0.25, 0.3) is 10.9 Å². The maximum atomic E-state index is 5.98. The van der Waals surface area contributed by atoms with Crippen molar-refractivity contribution in [1.29, 1.82) is 0 Å². The molecule has 0 spiro atoms. The molecule has 0 aliphatic rings. The van der Waals surface area contributed by atoms with Gasteiger partial charge in [-0.15, -0.1) is 0 Å². The lowest BCUT2D eigenvalue weighted by molar-refractivity contribution is 0.392. The molecule has 0 fully saturated rings. The molecule has 1 unspecified atom stereocenters. The monoisotopic (exact) mass is 282 g/mol. The Hall–Kier alpha value is -2.56. The van der Waals surface area contributed by atoms with Crippen LogP contribution in [-0.4, -0.2) is 10.1 Å². The average molecular weight is 282 g/mol. The predicted molar refractivity (Wildman–Crippen MR) is 84.2 cm³/mol. The number of aromatic nitrogens is 2. The van der Waals surface area contributed by atoms with Crippen LogP contribution in [-0.2, 0) is 0 Å². The number of hydrogen-bond acceptors (Lipinski definition) is 5. The molecule has 0 saturated heterocycles. The summed E-state index contributed by atoms with van der Waals surface area (Å²) in [5.74, 6) is 0.838. The molecule has 0 radical (unpaired) electrons. The highest BCUT2D eigenvalue weighted by molar-refractivity contribution is 5.97. The van der Waals surface area contributed by atoms with Crippen molar-refractivity contribution in [3.8, 4) is 0 Å². The van der Waals surface area contributed by atoms with Gasteiger partial charge in [-0.25, -0.2) is 0 Å². The second kappa shape index (κ2) is 5.09. The minimum Gasteiger partial charge on any atom is -0.397 e. The normalized spacial score (nSPS) is 12.5. The topological polar surface area (TPSA) is 77.0 Å². The molecule has 2 heterocycles. The van der Waals surface area contributed by atoms with Crippen LogP contribution in [0.1, 0.15) is 30.0 Å². The van der Waals surface area contributed by atoms with Gasteiger partial charge in [0.1, 0.15) is 5.76 Å². The van der Waals surface area contributed by atoms with Crippen LogP contribution in [0.3, 0.4) is 0 Å². The van der Waals surface area contributed by atoms with Crippen molar-refractivity contribution in [2.45, 2.75) is 26.8 Å². The number of benzene rings is 1. The van der Waals surface area contributed by atoms with Gasteiger partial charge in [-0.05, 0) is 32.9 Å². The number of nitrogens with two attached hydrogens (primary N) is 1. The van der Waals surface area contributed by atoms with Crippen LogP contribution in [0, 0.1) is 13.8 Å². The molecule has 0 aliphatic heterocycles. The number of rotatable bonds is 3. The van der Waals surface area contributed by atoms with Crippen LogP contribution in [0.4, 0.5) is 11.4 Å². The lowest BCUT2D eigenvalue weighted by Crippen LogP contribution is -2.09. The minimum absolute atomic E-state index is 0.0864. The van der Waals surface area contributed by atoms with Gasteiger partial charge in [0.2, 0.25) is 0 Å². The first-order valence-corrected chi connectivity index (χ1v) is 6.90. The molecule has 2 aromatic heterocycles. The summed E-state index contributed by atoms with van der Waals surface area (Å²) in [5, 5.41) is 8.52. The fourth-order valence-corrected chi connectivity index (χ4v) is 2.74. The van der Waals surface area contributed by atoms with Gasteiger partial charge < -0.3 is 15.6 Å². The Labute approximate surface area is 123 Å². The average Bonchev–Trinajstić information content (AvgIpc) is 2.79. The SMILES string of the molecule is Cc1noc(C)c1C(C)Nc1ccnc2c(N)cccc12. The largest absolute Gasteiger partial charge is 0.397 e. The molecule has 0 bridgehead atoms. The predicted octanol–water partition coefficient (Wildman–Crippen LogP) is 3.59. The highest BCUT2D eigenvalue weighted by Crippen LogP contribution is 2.30. The summed E-state index contributed by atoms with van der Waals surface area (Å²) in [6.45, 7) is 5.97. The van der Waals surface area contributed by atoms with Gasteiger partial charge in [0, 0.05) is 22.8 Å². The fraction of sp³-hybridized carbons (Fsp3) is 0.250. The quantitative estimate of drug-likeness (QED) is 0.718. The molecule has 0 aliphatic carbocycles. The smallest absolute Gasteiger partial charge is 0.139 e. The third kappa shape index (κ3) is 2.31. The molecule has 0 saturated carbocycles. The summed E-state index contributed by atoms with van der Waals surface area (Å²) in [7, 11) is 0. The van der Waals surface area contributed by atoms with Gasteiger partial charge in [-0.2, -0.15) is 0 Å².